The van der Waals surface area contributed by atoms with Crippen molar-refractivity contribution in [2.75, 3.05) is 13.7 Å². The maximum atomic E-state index is 13.5. The van der Waals surface area contributed by atoms with E-state index in [0.717, 1.165) is 0 Å². The average molecular weight is 410 g/mol. The molecule has 1 amide bonds. The Kier molecular flexibility index (Phi) is 7.63. The monoisotopic (exact) mass is 409 g/mol. The number of carbonyl (C=O) groups excluding carboxylic acids is 2. The second-order valence-corrected chi connectivity index (χ2v) is 6.51. The number of benzene rings is 2. The Bertz CT molecular complexity index is 856. The predicted octanol–water partition coefficient (Wildman–Crippen LogP) is 3.75. The van der Waals surface area contributed by atoms with Gasteiger partial charge in [0.2, 0.25) is 0 Å². The summed E-state index contributed by atoms with van der Waals surface area (Å²) in [6, 6.07) is 8.86. The van der Waals surface area contributed by atoms with Gasteiger partial charge < -0.3 is 19.5 Å². The topological polar surface area (TPSA) is 73.9 Å². The second kappa shape index (κ2) is 9.94. The molecule has 0 saturated heterocycles. The maximum absolute atomic E-state index is 13.5. The molecule has 0 aliphatic rings. The zero-order chi connectivity index (χ0) is 20.7. The van der Waals surface area contributed by atoms with Crippen LogP contribution in [0.3, 0.4) is 0 Å². The summed E-state index contributed by atoms with van der Waals surface area (Å²) in [5.41, 5.74) is 0.444. The van der Waals surface area contributed by atoms with Gasteiger partial charge in [-0.05, 0) is 32.0 Å². The minimum Gasteiger partial charge on any atom is -0.493 e. The van der Waals surface area contributed by atoms with Crippen LogP contribution in [0.5, 0.6) is 11.5 Å². The third-order valence-electron chi connectivity index (χ3n) is 3.59. The van der Waals surface area contributed by atoms with Gasteiger partial charge in [-0.1, -0.05) is 29.8 Å². The summed E-state index contributed by atoms with van der Waals surface area (Å²) in [7, 11) is 1.42. The number of amides is 1. The zero-order valence-electron chi connectivity index (χ0n) is 15.8. The fourth-order valence-electron chi connectivity index (χ4n) is 2.29. The molecular weight excluding hydrogens is 389 g/mol. The van der Waals surface area contributed by atoms with Crippen molar-refractivity contribution in [2.24, 2.45) is 0 Å². The fraction of sp³-hybridized carbons (Fsp3) is 0.300. The van der Waals surface area contributed by atoms with Crippen molar-refractivity contribution >= 4 is 23.5 Å². The van der Waals surface area contributed by atoms with Gasteiger partial charge in [-0.15, -0.1) is 0 Å². The molecule has 0 heterocycles. The lowest BCUT2D eigenvalue weighted by molar-refractivity contribution is -0.124. The summed E-state index contributed by atoms with van der Waals surface area (Å²) in [6.45, 7) is 3.14. The number of nitrogens with one attached hydrogen (secondary N) is 1. The van der Waals surface area contributed by atoms with E-state index < -0.39 is 24.3 Å². The van der Waals surface area contributed by atoms with Crippen molar-refractivity contribution in [3.8, 4) is 11.5 Å². The van der Waals surface area contributed by atoms with Crippen LogP contribution < -0.4 is 14.8 Å². The van der Waals surface area contributed by atoms with Crippen LogP contribution in [0.4, 0.5) is 4.39 Å². The molecule has 6 nitrogen and oxygen atoms in total. The SMILES string of the molecule is COc1cc(C(=O)OCC(=O)NCc2ccccc2F)cc(Cl)c1OC(C)C. The van der Waals surface area contributed by atoms with Gasteiger partial charge in [-0.2, -0.15) is 0 Å². The Balaban J connectivity index is 1.96. The smallest absolute Gasteiger partial charge is 0.338 e. The number of hydrogen-bond acceptors (Lipinski definition) is 5. The molecule has 0 aromatic heterocycles. The molecule has 0 unspecified atom stereocenters. The van der Waals surface area contributed by atoms with Crippen molar-refractivity contribution in [3.63, 3.8) is 0 Å². The molecule has 0 spiro atoms. The highest BCUT2D eigenvalue weighted by molar-refractivity contribution is 6.32. The summed E-state index contributed by atoms with van der Waals surface area (Å²) in [4.78, 5) is 24.1. The normalized spacial score (nSPS) is 10.5. The van der Waals surface area contributed by atoms with Crippen LogP contribution in [-0.2, 0) is 16.1 Å². The van der Waals surface area contributed by atoms with E-state index in [1.165, 1.54) is 25.3 Å². The first-order valence-electron chi connectivity index (χ1n) is 8.53. The van der Waals surface area contributed by atoms with Crippen molar-refractivity contribution in [1.29, 1.82) is 0 Å². The molecule has 0 radical (unpaired) electrons. The van der Waals surface area contributed by atoms with Crippen LogP contribution in [0.1, 0.15) is 29.8 Å². The van der Waals surface area contributed by atoms with Gasteiger partial charge >= 0.3 is 5.97 Å². The quantitative estimate of drug-likeness (QED) is 0.672. The Labute approximate surface area is 167 Å². The zero-order valence-corrected chi connectivity index (χ0v) is 16.5. The van der Waals surface area contributed by atoms with Crippen LogP contribution in [0, 0.1) is 5.82 Å². The molecule has 0 saturated carbocycles. The van der Waals surface area contributed by atoms with E-state index in [9.17, 15) is 14.0 Å². The lowest BCUT2D eigenvalue weighted by atomic mass is 10.2. The predicted molar refractivity (Wildman–Crippen MR) is 102 cm³/mol. The largest absolute Gasteiger partial charge is 0.493 e. The van der Waals surface area contributed by atoms with E-state index in [4.69, 9.17) is 25.8 Å². The first-order valence-corrected chi connectivity index (χ1v) is 8.91. The standard InChI is InChI=1S/C20H21ClFNO5/c1-12(2)28-19-15(21)8-14(9-17(19)26-3)20(25)27-11-18(24)23-10-13-6-4-5-7-16(13)22/h4-9,12H,10-11H2,1-3H3,(H,23,24). The number of halogens is 2. The molecule has 0 aliphatic carbocycles. The van der Waals surface area contributed by atoms with Gasteiger partial charge in [0.1, 0.15) is 5.82 Å². The van der Waals surface area contributed by atoms with Crippen LogP contribution in [-0.4, -0.2) is 31.7 Å². The Morgan fingerprint density at radius 2 is 1.93 bits per heavy atom. The van der Waals surface area contributed by atoms with Gasteiger partial charge in [0.15, 0.2) is 18.1 Å². The first-order chi connectivity index (χ1) is 13.3. The number of hydrogen-bond donors (Lipinski definition) is 1. The molecule has 2 aromatic rings. The maximum Gasteiger partial charge on any atom is 0.338 e. The lowest BCUT2D eigenvalue weighted by Crippen LogP contribution is -2.28. The summed E-state index contributed by atoms with van der Waals surface area (Å²) >= 11 is 6.17. The number of esters is 1. The van der Waals surface area contributed by atoms with E-state index in [1.807, 2.05) is 13.8 Å². The molecule has 0 fully saturated rings. The highest BCUT2D eigenvalue weighted by atomic mass is 35.5. The Morgan fingerprint density at radius 3 is 2.57 bits per heavy atom. The average Bonchev–Trinajstić information content (AvgIpc) is 2.66. The molecule has 0 aliphatic heterocycles. The van der Waals surface area contributed by atoms with E-state index in [1.54, 1.807) is 18.2 Å². The number of ether oxygens (including phenoxy) is 3. The van der Waals surface area contributed by atoms with E-state index in [0.29, 0.717) is 11.3 Å². The van der Waals surface area contributed by atoms with Crippen molar-refractivity contribution in [3.05, 3.63) is 58.4 Å². The van der Waals surface area contributed by atoms with Gasteiger partial charge in [-0.25, -0.2) is 9.18 Å². The van der Waals surface area contributed by atoms with Crippen LogP contribution >= 0.6 is 11.6 Å². The molecule has 2 rings (SSSR count). The number of rotatable bonds is 8. The second-order valence-electron chi connectivity index (χ2n) is 6.10. The third kappa shape index (κ3) is 5.85. The Morgan fingerprint density at radius 1 is 1.21 bits per heavy atom. The highest BCUT2D eigenvalue weighted by Gasteiger charge is 2.18. The van der Waals surface area contributed by atoms with Crippen molar-refractivity contribution in [2.45, 2.75) is 26.5 Å². The number of methoxy groups -OCH3 is 1. The highest BCUT2D eigenvalue weighted by Crippen LogP contribution is 2.37. The van der Waals surface area contributed by atoms with E-state index in [-0.39, 0.29) is 29.0 Å². The van der Waals surface area contributed by atoms with Gasteiger partial charge in [0.25, 0.3) is 5.91 Å². The molecule has 8 heteroatoms. The van der Waals surface area contributed by atoms with Crippen molar-refractivity contribution in [1.82, 2.24) is 5.32 Å². The molecule has 2 aromatic carbocycles. The summed E-state index contributed by atoms with van der Waals surface area (Å²) < 4.78 is 29.3. The fourth-order valence-corrected chi connectivity index (χ4v) is 2.54. The van der Waals surface area contributed by atoms with Crippen molar-refractivity contribution < 1.29 is 28.2 Å². The number of carbonyl (C=O) groups is 2. The molecule has 28 heavy (non-hydrogen) atoms. The van der Waals surface area contributed by atoms with Gasteiger partial charge in [0.05, 0.1) is 23.8 Å². The minimum absolute atomic E-state index is 0.00997. The minimum atomic E-state index is -0.752. The molecule has 0 atom stereocenters. The summed E-state index contributed by atoms with van der Waals surface area (Å²) in [5, 5.41) is 2.67. The van der Waals surface area contributed by atoms with Gasteiger partial charge in [0, 0.05) is 12.1 Å². The van der Waals surface area contributed by atoms with E-state index in [2.05, 4.69) is 5.32 Å². The molecule has 1 N–H and O–H groups in total. The van der Waals surface area contributed by atoms with Gasteiger partial charge in [-0.3, -0.25) is 4.79 Å². The van der Waals surface area contributed by atoms with E-state index >= 15 is 0 Å². The Hall–Kier alpha value is -2.80. The summed E-state index contributed by atoms with van der Waals surface area (Å²) in [6.07, 6.45) is -0.137. The van der Waals surface area contributed by atoms with Crippen LogP contribution in [0.2, 0.25) is 5.02 Å². The molecule has 150 valence electrons. The van der Waals surface area contributed by atoms with Crippen LogP contribution in [0.25, 0.3) is 0 Å². The third-order valence-corrected chi connectivity index (χ3v) is 3.87. The van der Waals surface area contributed by atoms with Crippen LogP contribution in [0.15, 0.2) is 36.4 Å². The molecule has 0 bridgehead atoms. The molecular formula is C20H21ClFNO5. The first kappa shape index (κ1) is 21.5. The summed E-state index contributed by atoms with van der Waals surface area (Å²) in [5.74, 6) is -1.15. The lowest BCUT2D eigenvalue weighted by Gasteiger charge is -2.16.